The molecule has 0 aliphatic carbocycles. The average Bonchev–Trinajstić information content (AvgIpc) is 2.76. The zero-order chi connectivity index (χ0) is 11.4. The van der Waals surface area contributed by atoms with E-state index in [4.69, 9.17) is 0 Å². The summed E-state index contributed by atoms with van der Waals surface area (Å²) in [6, 6.07) is 12.9. The fourth-order valence-electron chi connectivity index (χ4n) is 1.50. The standard InChI is InChI=1S/C13H16N3/c1-15(2)10-11-16-9-8-13(14-16)12-6-4-3-5-7-12/h4-9H,10-11H2,1-2H3. The predicted octanol–water partition coefficient (Wildman–Crippen LogP) is 1.91. The number of hydrogen-bond donors (Lipinski definition) is 0. The maximum Gasteiger partial charge on any atom is 0.0923 e. The van der Waals surface area contributed by atoms with Gasteiger partial charge in [0.15, 0.2) is 0 Å². The number of hydrogen-bond acceptors (Lipinski definition) is 2. The van der Waals surface area contributed by atoms with Crippen LogP contribution in [0.2, 0.25) is 0 Å². The summed E-state index contributed by atoms with van der Waals surface area (Å²) in [4.78, 5) is 2.15. The lowest BCUT2D eigenvalue weighted by atomic mass is 10.2. The first kappa shape index (κ1) is 10.9. The van der Waals surface area contributed by atoms with Crippen LogP contribution in [0.4, 0.5) is 0 Å². The van der Waals surface area contributed by atoms with Crippen molar-refractivity contribution in [3.8, 4) is 11.3 Å². The van der Waals surface area contributed by atoms with Gasteiger partial charge >= 0.3 is 0 Å². The Morgan fingerprint density at radius 1 is 1.25 bits per heavy atom. The van der Waals surface area contributed by atoms with Crippen molar-refractivity contribution in [1.29, 1.82) is 0 Å². The molecule has 1 aromatic carbocycles. The summed E-state index contributed by atoms with van der Waals surface area (Å²) in [6.45, 7) is 1.93. The van der Waals surface area contributed by atoms with E-state index < -0.39 is 0 Å². The Hall–Kier alpha value is -1.61. The molecule has 0 fully saturated rings. The van der Waals surface area contributed by atoms with Crippen molar-refractivity contribution in [2.45, 2.75) is 6.54 Å². The van der Waals surface area contributed by atoms with E-state index in [9.17, 15) is 0 Å². The van der Waals surface area contributed by atoms with E-state index in [0.29, 0.717) is 0 Å². The van der Waals surface area contributed by atoms with Gasteiger partial charge < -0.3 is 4.90 Å². The second-order valence-electron chi connectivity index (χ2n) is 4.06. The lowest BCUT2D eigenvalue weighted by Crippen LogP contribution is -2.18. The predicted molar refractivity (Wildman–Crippen MR) is 65.1 cm³/mol. The quantitative estimate of drug-likeness (QED) is 0.775. The molecular weight excluding hydrogens is 198 g/mol. The van der Waals surface area contributed by atoms with E-state index in [1.165, 1.54) is 0 Å². The first-order chi connectivity index (χ1) is 7.75. The molecule has 1 heterocycles. The zero-order valence-corrected chi connectivity index (χ0v) is 9.72. The number of nitrogens with zero attached hydrogens (tertiary/aromatic N) is 3. The average molecular weight is 214 g/mol. The van der Waals surface area contributed by atoms with Crippen LogP contribution in [0.25, 0.3) is 11.3 Å². The van der Waals surface area contributed by atoms with Crippen molar-refractivity contribution in [3.63, 3.8) is 0 Å². The summed E-state index contributed by atoms with van der Waals surface area (Å²) < 4.78 is 1.98. The minimum atomic E-state index is 0.923. The number of aromatic nitrogens is 2. The van der Waals surface area contributed by atoms with Crippen LogP contribution in [-0.2, 0) is 6.54 Å². The van der Waals surface area contributed by atoms with E-state index >= 15 is 0 Å². The third kappa shape index (κ3) is 2.70. The maximum absolute atomic E-state index is 4.53. The normalized spacial score (nSPS) is 10.9. The van der Waals surface area contributed by atoms with Crippen molar-refractivity contribution in [1.82, 2.24) is 14.7 Å². The Kier molecular flexibility index (Phi) is 3.37. The molecule has 0 N–H and O–H groups in total. The molecule has 2 aromatic rings. The van der Waals surface area contributed by atoms with Gasteiger partial charge in [0, 0.05) is 18.3 Å². The molecule has 3 nitrogen and oxygen atoms in total. The zero-order valence-electron chi connectivity index (χ0n) is 9.72. The molecule has 83 valence electrons. The summed E-state index contributed by atoms with van der Waals surface area (Å²) >= 11 is 0. The molecule has 0 atom stereocenters. The van der Waals surface area contributed by atoms with Crippen LogP contribution < -0.4 is 0 Å². The smallest absolute Gasteiger partial charge is 0.0923 e. The first-order valence-corrected chi connectivity index (χ1v) is 5.40. The fourth-order valence-corrected chi connectivity index (χ4v) is 1.50. The highest BCUT2D eigenvalue weighted by Gasteiger charge is 2.01. The van der Waals surface area contributed by atoms with Crippen LogP contribution >= 0.6 is 0 Å². The van der Waals surface area contributed by atoms with Gasteiger partial charge in [0.25, 0.3) is 0 Å². The van der Waals surface area contributed by atoms with E-state index in [2.05, 4.69) is 30.2 Å². The highest BCUT2D eigenvalue weighted by molar-refractivity contribution is 5.57. The topological polar surface area (TPSA) is 21.1 Å². The molecule has 16 heavy (non-hydrogen) atoms. The van der Waals surface area contributed by atoms with Gasteiger partial charge in [-0.1, -0.05) is 24.3 Å². The largest absolute Gasteiger partial charge is 0.308 e. The highest BCUT2D eigenvalue weighted by atomic mass is 15.3. The number of benzene rings is 1. The van der Waals surface area contributed by atoms with Gasteiger partial charge in [-0.3, -0.25) is 4.68 Å². The number of likely N-dealkylation sites (N-methyl/N-ethyl adjacent to an activating group) is 1. The molecule has 0 amide bonds. The number of rotatable bonds is 4. The van der Waals surface area contributed by atoms with Gasteiger partial charge in [-0.25, -0.2) is 0 Å². The third-order valence-corrected chi connectivity index (χ3v) is 2.43. The van der Waals surface area contributed by atoms with Crippen LogP contribution in [0.5, 0.6) is 0 Å². The second kappa shape index (κ2) is 4.94. The van der Waals surface area contributed by atoms with E-state index in [0.717, 1.165) is 24.3 Å². The van der Waals surface area contributed by atoms with Crippen LogP contribution in [0.15, 0.2) is 36.5 Å². The molecule has 0 aliphatic rings. The Morgan fingerprint density at radius 3 is 2.69 bits per heavy atom. The van der Waals surface area contributed by atoms with Gasteiger partial charge in [-0.05, 0) is 26.2 Å². The van der Waals surface area contributed by atoms with Crippen LogP contribution in [-0.4, -0.2) is 35.3 Å². The Morgan fingerprint density at radius 2 is 2.00 bits per heavy atom. The SMILES string of the molecule is CN(C)CCn1ccc(-c2cc[c]cc2)n1. The van der Waals surface area contributed by atoms with E-state index in [1.807, 2.05) is 41.2 Å². The minimum absolute atomic E-state index is 0.923. The minimum Gasteiger partial charge on any atom is -0.308 e. The Bertz CT molecular complexity index is 431. The van der Waals surface area contributed by atoms with Gasteiger partial charge in [-0.15, -0.1) is 0 Å². The van der Waals surface area contributed by atoms with Crippen LogP contribution in [0.3, 0.4) is 0 Å². The molecule has 3 heteroatoms. The van der Waals surface area contributed by atoms with Crippen LogP contribution in [0.1, 0.15) is 0 Å². The van der Waals surface area contributed by atoms with Crippen molar-refractivity contribution in [2.75, 3.05) is 20.6 Å². The van der Waals surface area contributed by atoms with Gasteiger partial charge in [0.05, 0.1) is 12.2 Å². The van der Waals surface area contributed by atoms with Crippen molar-refractivity contribution in [2.24, 2.45) is 0 Å². The maximum atomic E-state index is 4.53. The molecular formula is C13H16N3. The van der Waals surface area contributed by atoms with Crippen molar-refractivity contribution >= 4 is 0 Å². The summed E-state index contributed by atoms with van der Waals surface area (Å²) in [6.07, 6.45) is 2.02. The monoisotopic (exact) mass is 214 g/mol. The molecule has 0 saturated heterocycles. The molecule has 0 saturated carbocycles. The van der Waals surface area contributed by atoms with Crippen molar-refractivity contribution in [3.05, 3.63) is 42.6 Å². The third-order valence-electron chi connectivity index (χ3n) is 2.43. The van der Waals surface area contributed by atoms with Gasteiger partial charge in [-0.2, -0.15) is 5.10 Å². The molecule has 2 rings (SSSR count). The summed E-state index contributed by atoms with van der Waals surface area (Å²) in [5.74, 6) is 0. The molecule has 0 spiro atoms. The Labute approximate surface area is 96.3 Å². The first-order valence-electron chi connectivity index (χ1n) is 5.40. The molecule has 1 radical (unpaired) electrons. The highest BCUT2D eigenvalue weighted by Crippen LogP contribution is 2.15. The summed E-state index contributed by atoms with van der Waals surface area (Å²) in [5.41, 5.74) is 2.16. The van der Waals surface area contributed by atoms with Crippen LogP contribution in [0, 0.1) is 6.07 Å². The molecule has 1 aromatic heterocycles. The molecule has 0 aliphatic heterocycles. The lowest BCUT2D eigenvalue weighted by molar-refractivity contribution is 0.373. The van der Waals surface area contributed by atoms with Gasteiger partial charge in [0.2, 0.25) is 0 Å². The van der Waals surface area contributed by atoms with Crippen molar-refractivity contribution < 1.29 is 0 Å². The second-order valence-corrected chi connectivity index (χ2v) is 4.06. The van der Waals surface area contributed by atoms with E-state index in [-0.39, 0.29) is 0 Å². The Balaban J connectivity index is 2.08. The fraction of sp³-hybridized carbons (Fsp3) is 0.308. The van der Waals surface area contributed by atoms with E-state index in [1.54, 1.807) is 0 Å². The lowest BCUT2D eigenvalue weighted by Gasteiger charge is -2.08. The van der Waals surface area contributed by atoms with Gasteiger partial charge in [0.1, 0.15) is 0 Å². The molecule has 0 bridgehead atoms. The summed E-state index contributed by atoms with van der Waals surface area (Å²) in [7, 11) is 4.13. The molecule has 0 unspecified atom stereocenters. The summed E-state index contributed by atoms with van der Waals surface area (Å²) in [5, 5.41) is 4.53.